The molecule has 0 saturated heterocycles. The summed E-state index contributed by atoms with van der Waals surface area (Å²) in [4.78, 5) is 0. The number of nitrogens with zero attached hydrogens (tertiary/aromatic N) is 1. The highest BCUT2D eigenvalue weighted by molar-refractivity contribution is 7.86. The second kappa shape index (κ2) is 12.3. The van der Waals surface area contributed by atoms with Crippen LogP contribution in [-0.4, -0.2) is 4.57 Å². The number of hydrogen-bond acceptors (Lipinski definition) is 1. The first-order chi connectivity index (χ1) is 30.6. The third kappa shape index (κ3) is 4.22. The van der Waals surface area contributed by atoms with Crippen molar-refractivity contribution in [2.24, 2.45) is 0 Å². The van der Waals surface area contributed by atoms with Crippen LogP contribution in [0, 0.1) is 0 Å². The van der Waals surface area contributed by atoms with Gasteiger partial charge in [0.25, 0.3) is 0 Å². The normalized spacial score (nSPS) is 17.5. The van der Waals surface area contributed by atoms with Gasteiger partial charge in [0.2, 0.25) is 0 Å². The summed E-state index contributed by atoms with van der Waals surface area (Å²) >= 11 is 0. The zero-order valence-electron chi connectivity index (χ0n) is 33.6. The van der Waals surface area contributed by atoms with Gasteiger partial charge in [-0.3, -0.25) is 0 Å². The van der Waals surface area contributed by atoms with Gasteiger partial charge in [0.1, 0.15) is 0 Å². The van der Waals surface area contributed by atoms with E-state index in [0.29, 0.717) is 0 Å². The first-order valence-corrected chi connectivity index (χ1v) is 23.2. The van der Waals surface area contributed by atoms with Crippen molar-refractivity contribution in [2.75, 3.05) is 0 Å². The molecule has 0 fully saturated rings. The zero-order chi connectivity index (χ0) is 40.7. The molecule has 14 rings (SSSR count). The molecule has 0 saturated carbocycles. The Balaban J connectivity index is 1.07. The first-order valence-electron chi connectivity index (χ1n) is 21.4. The van der Waals surface area contributed by atoms with E-state index < -0.39 is 12.6 Å². The fraction of sp³-hybridized carbons (Fsp3) is 0.0169. The summed E-state index contributed by atoms with van der Waals surface area (Å²) in [5.74, 6) is 0. The van der Waals surface area contributed by atoms with Crippen LogP contribution in [0.3, 0.4) is 0 Å². The minimum atomic E-state index is -3.19. The summed E-state index contributed by atoms with van der Waals surface area (Å²) in [6, 6.07) is 79.4. The molecule has 2 nitrogen and oxygen atoms in total. The lowest BCUT2D eigenvalue weighted by atomic mass is 9.65. The quantitative estimate of drug-likeness (QED) is 0.163. The Hall–Kier alpha value is -7.51. The highest BCUT2D eigenvalue weighted by atomic mass is 31.2. The fourth-order valence-electron chi connectivity index (χ4n) is 11.6. The summed E-state index contributed by atoms with van der Waals surface area (Å²) in [5.41, 5.74) is 17.2. The largest absolute Gasteiger partial charge is 0.309 e. The molecule has 3 heterocycles. The topological polar surface area (TPSA) is 22.0 Å². The molecule has 3 aliphatic rings. The van der Waals surface area contributed by atoms with Crippen molar-refractivity contribution in [2.45, 2.75) is 5.41 Å². The summed E-state index contributed by atoms with van der Waals surface area (Å²) in [5, 5.41) is 7.73. The summed E-state index contributed by atoms with van der Waals surface area (Å²) in [7, 11) is -3.19. The average molecular weight is 806 g/mol. The molecule has 11 aromatic rings. The first kappa shape index (κ1) is 34.2. The van der Waals surface area contributed by atoms with Crippen LogP contribution in [0.15, 0.2) is 218 Å². The van der Waals surface area contributed by atoms with Crippen LogP contribution < -0.4 is 15.9 Å². The summed E-state index contributed by atoms with van der Waals surface area (Å²) in [6.07, 6.45) is 0. The molecular weight excluding hydrogens is 770 g/mol. The number of para-hydroxylation sites is 3. The second-order valence-electron chi connectivity index (χ2n) is 17.1. The van der Waals surface area contributed by atoms with E-state index in [0.717, 1.165) is 32.6 Å². The molecular formula is C59H36NOP. The highest BCUT2D eigenvalue weighted by Crippen LogP contribution is 2.63. The van der Waals surface area contributed by atoms with Crippen molar-refractivity contribution in [3.05, 3.63) is 241 Å². The third-order valence-electron chi connectivity index (χ3n) is 14.2. The van der Waals surface area contributed by atoms with Crippen LogP contribution in [0.2, 0.25) is 0 Å². The number of hydrogen-bond donors (Lipinski definition) is 0. The summed E-state index contributed by atoms with van der Waals surface area (Å²) < 4.78 is 18.5. The molecule has 10 aromatic carbocycles. The lowest BCUT2D eigenvalue weighted by Gasteiger charge is -2.40. The van der Waals surface area contributed by atoms with Gasteiger partial charge in [-0.25, -0.2) is 0 Å². The lowest BCUT2D eigenvalue weighted by molar-refractivity contribution is 0.593. The molecule has 2 aliphatic heterocycles. The van der Waals surface area contributed by atoms with Gasteiger partial charge in [-0.15, -0.1) is 0 Å². The maximum absolute atomic E-state index is 16.0. The number of aromatic nitrogens is 1. The molecule has 62 heavy (non-hydrogen) atoms. The van der Waals surface area contributed by atoms with Crippen LogP contribution in [0.1, 0.15) is 22.3 Å². The van der Waals surface area contributed by atoms with Gasteiger partial charge in [-0.1, -0.05) is 188 Å². The van der Waals surface area contributed by atoms with Gasteiger partial charge in [-0.05, 0) is 108 Å². The van der Waals surface area contributed by atoms with Crippen molar-refractivity contribution < 1.29 is 4.57 Å². The van der Waals surface area contributed by atoms with E-state index >= 15 is 4.57 Å². The standard InChI is InChI=1S/C59H36NOP/c61-62(41-16-2-1-3-17-41)56-27-11-7-20-46(56)49-35-53-48(36-57(49)62)44-33-32-40(37-28-30-39(31-29-37)43-21-12-15-38-14-4-5-18-42(38)43)34-52(44)59(53)50-23-8-10-26-55(50)60-54-25-9-6-19-45(54)47-22-13-24-51(59)58(47)60/h1-36H. The summed E-state index contributed by atoms with van der Waals surface area (Å²) in [6.45, 7) is 0. The van der Waals surface area contributed by atoms with E-state index in [1.165, 1.54) is 88.3 Å². The van der Waals surface area contributed by atoms with E-state index in [2.05, 4.69) is 187 Å². The van der Waals surface area contributed by atoms with E-state index in [1.54, 1.807) is 0 Å². The molecule has 1 aromatic heterocycles. The molecule has 0 amide bonds. The van der Waals surface area contributed by atoms with E-state index in [-0.39, 0.29) is 0 Å². The fourth-order valence-corrected chi connectivity index (χ4v) is 14.7. The molecule has 1 aliphatic carbocycles. The molecule has 1 spiro atoms. The third-order valence-corrected chi connectivity index (χ3v) is 17.4. The number of fused-ring (bicyclic) bond motifs is 16. The zero-order valence-corrected chi connectivity index (χ0v) is 34.5. The molecule has 0 radical (unpaired) electrons. The van der Waals surface area contributed by atoms with Gasteiger partial charge in [0, 0.05) is 26.7 Å². The molecule has 3 heteroatoms. The molecule has 2 unspecified atom stereocenters. The number of benzene rings is 10. The van der Waals surface area contributed by atoms with Crippen LogP contribution in [0.25, 0.3) is 82.8 Å². The SMILES string of the molecule is O=P1(c2ccccc2)c2ccccc2-c2cc3c(cc21)-c1ccc(-c2ccc(-c4cccc5ccccc45)cc2)cc1C31c2ccccc2-n2c3ccccc3c3cccc1c32. The molecule has 288 valence electrons. The Labute approximate surface area is 359 Å². The van der Waals surface area contributed by atoms with Crippen molar-refractivity contribution in [3.63, 3.8) is 0 Å². The smallest absolute Gasteiger partial charge is 0.172 e. The van der Waals surface area contributed by atoms with Crippen molar-refractivity contribution in [1.82, 2.24) is 4.57 Å². The van der Waals surface area contributed by atoms with Crippen molar-refractivity contribution in [1.29, 1.82) is 0 Å². The van der Waals surface area contributed by atoms with Gasteiger partial charge >= 0.3 is 0 Å². The Kier molecular flexibility index (Phi) is 6.79. The van der Waals surface area contributed by atoms with Crippen LogP contribution in [0.4, 0.5) is 0 Å². The highest BCUT2D eigenvalue weighted by Gasteiger charge is 2.53. The maximum Gasteiger partial charge on any atom is 0.172 e. The molecule has 2 atom stereocenters. The van der Waals surface area contributed by atoms with Crippen LogP contribution in [-0.2, 0) is 9.98 Å². The van der Waals surface area contributed by atoms with Crippen molar-refractivity contribution in [3.8, 4) is 50.2 Å². The predicted octanol–water partition coefficient (Wildman–Crippen LogP) is 13.6. The predicted molar refractivity (Wildman–Crippen MR) is 258 cm³/mol. The average Bonchev–Trinajstić information content (AvgIpc) is 3.92. The van der Waals surface area contributed by atoms with E-state index in [9.17, 15) is 0 Å². The Morgan fingerprint density at radius 2 is 1.02 bits per heavy atom. The Morgan fingerprint density at radius 3 is 1.92 bits per heavy atom. The van der Waals surface area contributed by atoms with Crippen LogP contribution in [0.5, 0.6) is 0 Å². The van der Waals surface area contributed by atoms with Gasteiger partial charge in [0.15, 0.2) is 7.14 Å². The monoisotopic (exact) mass is 805 g/mol. The Bertz CT molecular complexity index is 3780. The van der Waals surface area contributed by atoms with Crippen LogP contribution >= 0.6 is 7.14 Å². The molecule has 0 bridgehead atoms. The van der Waals surface area contributed by atoms with Gasteiger partial charge < -0.3 is 9.13 Å². The number of rotatable bonds is 3. The molecule has 0 N–H and O–H groups in total. The Morgan fingerprint density at radius 1 is 0.371 bits per heavy atom. The maximum atomic E-state index is 16.0. The minimum Gasteiger partial charge on any atom is -0.309 e. The van der Waals surface area contributed by atoms with Gasteiger partial charge in [-0.2, -0.15) is 0 Å². The van der Waals surface area contributed by atoms with E-state index in [1.807, 2.05) is 36.4 Å². The second-order valence-corrected chi connectivity index (χ2v) is 19.8. The van der Waals surface area contributed by atoms with Gasteiger partial charge in [0.05, 0.1) is 22.1 Å². The van der Waals surface area contributed by atoms with Crippen molar-refractivity contribution >= 4 is 55.6 Å². The lowest BCUT2D eigenvalue weighted by Crippen LogP contribution is -2.33. The van der Waals surface area contributed by atoms with E-state index in [4.69, 9.17) is 0 Å². The minimum absolute atomic E-state index is 0.659.